The summed E-state index contributed by atoms with van der Waals surface area (Å²) < 4.78 is 0. The fourth-order valence-corrected chi connectivity index (χ4v) is 2.52. The van der Waals surface area contributed by atoms with E-state index in [4.69, 9.17) is 0 Å². The van der Waals surface area contributed by atoms with Crippen LogP contribution in [0.1, 0.15) is 19.3 Å². The highest BCUT2D eigenvalue weighted by atomic mass is 16.2. The van der Waals surface area contributed by atoms with Gasteiger partial charge >= 0.3 is 6.03 Å². The van der Waals surface area contributed by atoms with Crippen LogP contribution in [0.5, 0.6) is 0 Å². The molecule has 0 saturated carbocycles. The first-order chi connectivity index (χ1) is 8.22. The first kappa shape index (κ1) is 12.0. The fraction of sp³-hybridized carbons (Fsp3) is 0.667. The summed E-state index contributed by atoms with van der Waals surface area (Å²) in [6.07, 6.45) is 4.10. The molecule has 2 saturated heterocycles. The lowest BCUT2D eigenvalue weighted by Crippen LogP contribution is -2.54. The highest BCUT2D eigenvalue weighted by molar-refractivity contribution is 5.87. The number of carbonyl (C=O) groups excluding carboxylic acids is 2. The average molecular weight is 237 g/mol. The number of amides is 3. The molecule has 0 unspecified atom stereocenters. The molecule has 0 aromatic rings. The molecular formula is C12H19N3O2. The van der Waals surface area contributed by atoms with Gasteiger partial charge in [-0.1, -0.05) is 6.58 Å². The van der Waals surface area contributed by atoms with Crippen LogP contribution in [-0.4, -0.2) is 54.0 Å². The van der Waals surface area contributed by atoms with Crippen LogP contribution in [0.25, 0.3) is 0 Å². The van der Waals surface area contributed by atoms with Crippen LogP contribution in [0.2, 0.25) is 0 Å². The van der Waals surface area contributed by atoms with E-state index in [2.05, 4.69) is 11.9 Å². The topological polar surface area (TPSA) is 52.7 Å². The molecule has 0 radical (unpaired) electrons. The quantitative estimate of drug-likeness (QED) is 0.714. The zero-order valence-corrected chi connectivity index (χ0v) is 10.0. The van der Waals surface area contributed by atoms with Gasteiger partial charge in [0.25, 0.3) is 0 Å². The Balaban J connectivity index is 1.88. The van der Waals surface area contributed by atoms with Crippen molar-refractivity contribution in [3.63, 3.8) is 0 Å². The summed E-state index contributed by atoms with van der Waals surface area (Å²) in [6.45, 7) is 6.55. The molecule has 0 aromatic heterocycles. The number of likely N-dealkylation sites (tertiary alicyclic amines) is 1. The van der Waals surface area contributed by atoms with E-state index in [0.717, 1.165) is 45.4 Å². The summed E-state index contributed by atoms with van der Waals surface area (Å²) in [5, 5.41) is 2.86. The Morgan fingerprint density at radius 2 is 2.06 bits per heavy atom. The monoisotopic (exact) mass is 237 g/mol. The minimum atomic E-state index is -0.00783. The lowest BCUT2D eigenvalue weighted by Gasteiger charge is -2.39. The normalized spacial score (nSPS) is 22.2. The zero-order valence-electron chi connectivity index (χ0n) is 10.0. The van der Waals surface area contributed by atoms with Gasteiger partial charge in [-0.3, -0.25) is 4.79 Å². The maximum absolute atomic E-state index is 11.7. The molecule has 0 aromatic carbocycles. The van der Waals surface area contributed by atoms with Crippen molar-refractivity contribution in [1.29, 1.82) is 0 Å². The van der Waals surface area contributed by atoms with Crippen molar-refractivity contribution >= 4 is 11.9 Å². The van der Waals surface area contributed by atoms with Gasteiger partial charge in [-0.25, -0.2) is 4.79 Å². The van der Waals surface area contributed by atoms with Crippen molar-refractivity contribution < 1.29 is 9.59 Å². The molecule has 2 heterocycles. The van der Waals surface area contributed by atoms with E-state index in [1.165, 1.54) is 6.08 Å². The molecule has 2 aliphatic heterocycles. The van der Waals surface area contributed by atoms with Crippen LogP contribution in [0, 0.1) is 0 Å². The second-order valence-electron chi connectivity index (χ2n) is 4.54. The van der Waals surface area contributed by atoms with Gasteiger partial charge in [-0.2, -0.15) is 0 Å². The van der Waals surface area contributed by atoms with Crippen molar-refractivity contribution in [2.45, 2.75) is 25.3 Å². The smallest absolute Gasteiger partial charge is 0.317 e. The van der Waals surface area contributed by atoms with E-state index in [1.54, 1.807) is 4.90 Å². The Morgan fingerprint density at radius 1 is 1.35 bits per heavy atom. The number of carbonyl (C=O) groups is 2. The number of urea groups is 1. The van der Waals surface area contributed by atoms with Crippen LogP contribution in [-0.2, 0) is 4.79 Å². The lowest BCUT2D eigenvalue weighted by atomic mass is 10.0. The second-order valence-corrected chi connectivity index (χ2v) is 4.54. The third-order valence-corrected chi connectivity index (χ3v) is 3.50. The van der Waals surface area contributed by atoms with E-state index < -0.39 is 0 Å². The molecule has 0 aliphatic carbocycles. The van der Waals surface area contributed by atoms with Gasteiger partial charge in [0.2, 0.25) is 5.91 Å². The molecule has 17 heavy (non-hydrogen) atoms. The number of nitrogens with zero attached hydrogens (tertiary/aromatic N) is 2. The lowest BCUT2D eigenvalue weighted by molar-refractivity contribution is -0.127. The molecule has 3 amide bonds. The van der Waals surface area contributed by atoms with Gasteiger partial charge in [0.15, 0.2) is 0 Å². The molecule has 5 heteroatoms. The highest BCUT2D eigenvalue weighted by Crippen LogP contribution is 2.18. The molecule has 1 N–H and O–H groups in total. The van der Waals surface area contributed by atoms with E-state index in [1.807, 2.05) is 4.90 Å². The van der Waals surface area contributed by atoms with E-state index in [-0.39, 0.29) is 18.0 Å². The Labute approximate surface area is 101 Å². The summed E-state index contributed by atoms with van der Waals surface area (Å²) in [6, 6.07) is 0.328. The largest absolute Gasteiger partial charge is 0.339 e. The molecule has 0 bridgehead atoms. The predicted molar refractivity (Wildman–Crippen MR) is 64.5 cm³/mol. The molecule has 0 atom stereocenters. The summed E-state index contributed by atoms with van der Waals surface area (Å²) >= 11 is 0. The molecule has 0 spiro atoms. The van der Waals surface area contributed by atoms with Gasteiger partial charge in [0.05, 0.1) is 0 Å². The molecule has 5 nitrogen and oxygen atoms in total. The third kappa shape index (κ3) is 2.60. The standard InChI is InChI=1S/C12H19N3O2/c1-2-11(16)14-8-4-10(5-9-14)15-7-3-6-13-12(15)17/h2,10H,1,3-9H2,(H,13,17). The van der Waals surface area contributed by atoms with E-state index in [0.29, 0.717) is 0 Å². The molecule has 94 valence electrons. The molecule has 2 fully saturated rings. The van der Waals surface area contributed by atoms with Crippen molar-refractivity contribution in [2.75, 3.05) is 26.2 Å². The van der Waals surface area contributed by atoms with Crippen LogP contribution in [0.15, 0.2) is 12.7 Å². The fourth-order valence-electron chi connectivity index (χ4n) is 2.52. The summed E-state index contributed by atoms with van der Waals surface area (Å²) in [5.74, 6) is -0.00783. The van der Waals surface area contributed by atoms with Gasteiger partial charge in [-0.15, -0.1) is 0 Å². The summed E-state index contributed by atoms with van der Waals surface area (Å²) in [7, 11) is 0. The number of nitrogens with one attached hydrogen (secondary N) is 1. The second kappa shape index (κ2) is 5.21. The average Bonchev–Trinajstić information content (AvgIpc) is 2.39. The predicted octanol–water partition coefficient (Wildman–Crippen LogP) is 0.579. The van der Waals surface area contributed by atoms with Crippen molar-refractivity contribution in [2.24, 2.45) is 0 Å². The van der Waals surface area contributed by atoms with Crippen LogP contribution >= 0.6 is 0 Å². The van der Waals surface area contributed by atoms with Gasteiger partial charge in [-0.05, 0) is 25.3 Å². The number of hydrogen-bond donors (Lipinski definition) is 1. The minimum Gasteiger partial charge on any atom is -0.339 e. The maximum atomic E-state index is 11.7. The van der Waals surface area contributed by atoms with Crippen LogP contribution in [0.4, 0.5) is 4.79 Å². The summed E-state index contributed by atoms with van der Waals surface area (Å²) in [5.41, 5.74) is 0. The zero-order chi connectivity index (χ0) is 12.3. The molecule has 2 aliphatic rings. The highest BCUT2D eigenvalue weighted by Gasteiger charge is 2.30. The van der Waals surface area contributed by atoms with Crippen molar-refractivity contribution in [3.8, 4) is 0 Å². The summed E-state index contributed by atoms with van der Waals surface area (Å²) in [4.78, 5) is 26.8. The van der Waals surface area contributed by atoms with Gasteiger partial charge in [0, 0.05) is 32.2 Å². The van der Waals surface area contributed by atoms with Crippen molar-refractivity contribution in [3.05, 3.63) is 12.7 Å². The number of rotatable bonds is 2. The van der Waals surface area contributed by atoms with Crippen molar-refractivity contribution in [1.82, 2.24) is 15.1 Å². The Kier molecular flexibility index (Phi) is 3.66. The Hall–Kier alpha value is -1.52. The first-order valence-electron chi connectivity index (χ1n) is 6.18. The Morgan fingerprint density at radius 3 is 2.65 bits per heavy atom. The van der Waals surface area contributed by atoms with Crippen LogP contribution < -0.4 is 5.32 Å². The van der Waals surface area contributed by atoms with Crippen LogP contribution in [0.3, 0.4) is 0 Å². The molecule has 2 rings (SSSR count). The van der Waals surface area contributed by atoms with E-state index in [9.17, 15) is 9.59 Å². The van der Waals surface area contributed by atoms with E-state index >= 15 is 0 Å². The third-order valence-electron chi connectivity index (χ3n) is 3.50. The first-order valence-corrected chi connectivity index (χ1v) is 6.18. The SMILES string of the molecule is C=CC(=O)N1CCC(N2CCCNC2=O)CC1. The molecular weight excluding hydrogens is 218 g/mol. The maximum Gasteiger partial charge on any atom is 0.317 e. The van der Waals surface area contributed by atoms with Gasteiger partial charge in [0.1, 0.15) is 0 Å². The number of hydrogen-bond acceptors (Lipinski definition) is 2. The minimum absolute atomic E-state index is 0.00783. The van der Waals surface area contributed by atoms with Gasteiger partial charge < -0.3 is 15.1 Å². The number of piperidine rings is 1. The Bertz CT molecular complexity index is 322.